The smallest absolute Gasteiger partial charge is 0.293 e. The summed E-state index contributed by atoms with van der Waals surface area (Å²) in [6, 6.07) is 2.48. The van der Waals surface area contributed by atoms with Gasteiger partial charge in [0, 0.05) is 63.7 Å². The predicted octanol–water partition coefficient (Wildman–Crippen LogP) is 1.13. The Morgan fingerprint density at radius 2 is 2.15 bits per heavy atom. The van der Waals surface area contributed by atoms with Gasteiger partial charge in [-0.1, -0.05) is 0 Å². The van der Waals surface area contributed by atoms with Crippen molar-refractivity contribution in [2.24, 2.45) is 14.1 Å². The summed E-state index contributed by atoms with van der Waals surface area (Å²) < 4.78 is 3.39. The number of aryl methyl sites for hydroxylation is 3. The van der Waals surface area contributed by atoms with E-state index in [1.54, 1.807) is 24.0 Å². The molecule has 4 heterocycles. The zero-order valence-electron chi connectivity index (χ0n) is 16.0. The molecule has 0 spiro atoms. The van der Waals surface area contributed by atoms with E-state index in [4.69, 9.17) is 0 Å². The van der Waals surface area contributed by atoms with Crippen molar-refractivity contribution in [1.82, 2.24) is 29.6 Å². The lowest BCUT2D eigenvalue weighted by Gasteiger charge is -2.33. The van der Waals surface area contributed by atoms with Gasteiger partial charge in [0.25, 0.3) is 5.56 Å². The summed E-state index contributed by atoms with van der Waals surface area (Å²) in [7, 11) is 3.68. The highest BCUT2D eigenvalue weighted by Gasteiger charge is 2.22. The first-order valence-corrected chi connectivity index (χ1v) is 9.31. The molecule has 0 aromatic carbocycles. The van der Waals surface area contributed by atoms with Crippen molar-refractivity contribution in [1.29, 1.82) is 0 Å². The molecule has 0 aliphatic carbocycles. The van der Waals surface area contributed by atoms with E-state index in [0.717, 1.165) is 54.8 Å². The van der Waals surface area contributed by atoms with E-state index >= 15 is 0 Å². The average molecular weight is 367 g/mol. The first-order valence-electron chi connectivity index (χ1n) is 9.31. The summed E-state index contributed by atoms with van der Waals surface area (Å²) in [5.41, 5.74) is 3.01. The van der Waals surface area contributed by atoms with E-state index in [0.29, 0.717) is 11.9 Å². The lowest BCUT2D eigenvalue weighted by Crippen LogP contribution is -2.47. The van der Waals surface area contributed by atoms with Crippen LogP contribution in [0.25, 0.3) is 11.0 Å². The molecule has 1 unspecified atom stereocenters. The normalized spacial score (nSPS) is 17.6. The fourth-order valence-corrected chi connectivity index (χ4v) is 3.75. The third kappa shape index (κ3) is 3.44. The van der Waals surface area contributed by atoms with Crippen molar-refractivity contribution in [2.45, 2.75) is 32.4 Å². The number of piperidine rings is 1. The summed E-state index contributed by atoms with van der Waals surface area (Å²) in [5.74, 6) is 0.542. The molecule has 1 atom stereocenters. The van der Waals surface area contributed by atoms with E-state index in [-0.39, 0.29) is 5.56 Å². The highest BCUT2D eigenvalue weighted by atomic mass is 16.1. The largest absolute Gasteiger partial charge is 0.350 e. The van der Waals surface area contributed by atoms with Crippen molar-refractivity contribution in [2.75, 3.05) is 18.0 Å². The number of nitrogens with zero attached hydrogens (tertiary/aromatic N) is 6. The fraction of sp³-hybridized carbons (Fsp3) is 0.474. The molecule has 1 N–H and O–H groups in total. The Labute approximate surface area is 157 Å². The number of pyridine rings is 1. The first-order chi connectivity index (χ1) is 13.0. The van der Waals surface area contributed by atoms with E-state index in [1.165, 1.54) is 0 Å². The van der Waals surface area contributed by atoms with Crippen LogP contribution < -0.4 is 15.8 Å². The Hall–Kier alpha value is -2.74. The summed E-state index contributed by atoms with van der Waals surface area (Å²) in [6.07, 6.45) is 7.41. The summed E-state index contributed by atoms with van der Waals surface area (Å²) in [5, 5.41) is 9.14. The summed E-state index contributed by atoms with van der Waals surface area (Å²) in [4.78, 5) is 23.3. The van der Waals surface area contributed by atoms with Gasteiger partial charge in [0.2, 0.25) is 0 Å². The average Bonchev–Trinajstić information content (AvgIpc) is 2.96. The Bertz CT molecular complexity index is 1020. The lowest BCUT2D eigenvalue weighted by molar-refractivity contribution is 0.419. The molecule has 3 aromatic heterocycles. The quantitative estimate of drug-likeness (QED) is 0.745. The van der Waals surface area contributed by atoms with Gasteiger partial charge in [-0.25, -0.2) is 9.97 Å². The molecule has 0 saturated carbocycles. The van der Waals surface area contributed by atoms with Gasteiger partial charge in [0.05, 0.1) is 5.69 Å². The van der Waals surface area contributed by atoms with Gasteiger partial charge in [-0.2, -0.15) is 5.10 Å². The van der Waals surface area contributed by atoms with Gasteiger partial charge < -0.3 is 14.8 Å². The molecule has 1 aliphatic heterocycles. The Kier molecular flexibility index (Phi) is 4.65. The Morgan fingerprint density at radius 3 is 3.00 bits per heavy atom. The zero-order chi connectivity index (χ0) is 19.0. The molecule has 0 amide bonds. The van der Waals surface area contributed by atoms with Crippen molar-refractivity contribution in [3.8, 4) is 0 Å². The van der Waals surface area contributed by atoms with Gasteiger partial charge in [0.15, 0.2) is 11.5 Å². The van der Waals surface area contributed by atoms with E-state index in [1.807, 2.05) is 24.9 Å². The predicted molar refractivity (Wildman–Crippen MR) is 105 cm³/mol. The standard InChI is InChI=1S/C19H25N7O/c1-13-16-9-14(11-22-17(16)25(3)23-13)10-21-15-5-4-7-26(12-15)18-19(27)24(2)8-6-20-18/h6,8-9,11,15,21H,4-5,7,10,12H2,1-3H3. The van der Waals surface area contributed by atoms with Crippen LogP contribution in [0, 0.1) is 6.92 Å². The van der Waals surface area contributed by atoms with Crippen molar-refractivity contribution in [3.63, 3.8) is 0 Å². The van der Waals surface area contributed by atoms with Crippen LogP contribution >= 0.6 is 0 Å². The van der Waals surface area contributed by atoms with Crippen LogP contribution in [0.4, 0.5) is 5.82 Å². The van der Waals surface area contributed by atoms with E-state index in [9.17, 15) is 4.79 Å². The minimum atomic E-state index is -0.0418. The number of hydrogen-bond acceptors (Lipinski definition) is 6. The molecule has 4 rings (SSSR count). The minimum Gasteiger partial charge on any atom is -0.350 e. The number of rotatable bonds is 4. The van der Waals surface area contributed by atoms with Crippen LogP contribution in [0.1, 0.15) is 24.1 Å². The van der Waals surface area contributed by atoms with Gasteiger partial charge in [-0.3, -0.25) is 9.48 Å². The molecule has 0 bridgehead atoms. The third-order valence-electron chi connectivity index (χ3n) is 5.23. The SMILES string of the molecule is Cc1nn(C)c2ncc(CNC3CCCN(c4nccn(C)c4=O)C3)cc12. The van der Waals surface area contributed by atoms with Gasteiger partial charge in [-0.15, -0.1) is 0 Å². The molecule has 1 fully saturated rings. The topological polar surface area (TPSA) is 80.9 Å². The van der Waals surface area contributed by atoms with Crippen LogP contribution in [0.5, 0.6) is 0 Å². The first kappa shape index (κ1) is 17.7. The number of hydrogen-bond donors (Lipinski definition) is 1. The van der Waals surface area contributed by atoms with E-state index in [2.05, 4.69) is 31.3 Å². The monoisotopic (exact) mass is 367 g/mol. The second-order valence-corrected chi connectivity index (χ2v) is 7.26. The molecule has 8 heteroatoms. The molecule has 0 radical (unpaired) electrons. The zero-order valence-corrected chi connectivity index (χ0v) is 16.0. The number of nitrogens with one attached hydrogen (secondary N) is 1. The van der Waals surface area contributed by atoms with Gasteiger partial charge in [0.1, 0.15) is 0 Å². The molecule has 3 aromatic rings. The molecule has 1 saturated heterocycles. The molecular weight excluding hydrogens is 342 g/mol. The number of anilines is 1. The number of fused-ring (bicyclic) bond motifs is 1. The second kappa shape index (κ2) is 7.11. The second-order valence-electron chi connectivity index (χ2n) is 7.26. The highest BCUT2D eigenvalue weighted by Crippen LogP contribution is 2.18. The highest BCUT2D eigenvalue weighted by molar-refractivity contribution is 5.78. The summed E-state index contributed by atoms with van der Waals surface area (Å²) >= 11 is 0. The Balaban J connectivity index is 1.45. The van der Waals surface area contributed by atoms with Gasteiger partial charge >= 0.3 is 0 Å². The minimum absolute atomic E-state index is 0.0418. The Morgan fingerprint density at radius 1 is 1.30 bits per heavy atom. The number of aromatic nitrogens is 5. The molecule has 1 aliphatic rings. The maximum absolute atomic E-state index is 12.3. The van der Waals surface area contributed by atoms with E-state index < -0.39 is 0 Å². The van der Waals surface area contributed by atoms with Gasteiger partial charge in [-0.05, 0) is 31.4 Å². The maximum Gasteiger partial charge on any atom is 0.293 e. The maximum atomic E-state index is 12.3. The van der Waals surface area contributed by atoms with Crippen LogP contribution in [-0.4, -0.2) is 43.4 Å². The third-order valence-corrected chi connectivity index (χ3v) is 5.23. The summed E-state index contributed by atoms with van der Waals surface area (Å²) in [6.45, 7) is 4.41. The van der Waals surface area contributed by atoms with Crippen molar-refractivity contribution >= 4 is 16.9 Å². The lowest BCUT2D eigenvalue weighted by atomic mass is 10.1. The van der Waals surface area contributed by atoms with Crippen molar-refractivity contribution < 1.29 is 0 Å². The molecular formula is C19H25N7O. The molecule has 142 valence electrons. The van der Waals surface area contributed by atoms with Crippen molar-refractivity contribution in [3.05, 3.63) is 46.3 Å². The van der Waals surface area contributed by atoms with Crippen LogP contribution in [0.3, 0.4) is 0 Å². The van der Waals surface area contributed by atoms with Crippen LogP contribution in [0.2, 0.25) is 0 Å². The van der Waals surface area contributed by atoms with Crippen LogP contribution in [0.15, 0.2) is 29.5 Å². The molecule has 8 nitrogen and oxygen atoms in total. The molecule has 27 heavy (non-hydrogen) atoms. The van der Waals surface area contributed by atoms with Crippen LogP contribution in [-0.2, 0) is 20.6 Å². The fourth-order valence-electron chi connectivity index (χ4n) is 3.75.